The molecule has 1 saturated heterocycles. The molecule has 0 spiro atoms. The summed E-state index contributed by atoms with van der Waals surface area (Å²) in [5, 5.41) is 8.09. The van der Waals surface area contributed by atoms with E-state index in [-0.39, 0.29) is 11.8 Å². The van der Waals surface area contributed by atoms with Crippen LogP contribution in [-0.2, 0) is 13.1 Å². The Hall–Kier alpha value is -2.87. The van der Waals surface area contributed by atoms with Crippen molar-refractivity contribution in [3.05, 3.63) is 93.2 Å². The number of likely N-dealkylation sites (tertiary alicyclic amines) is 1. The molecule has 0 bridgehead atoms. The van der Waals surface area contributed by atoms with Crippen molar-refractivity contribution in [2.75, 3.05) is 18.4 Å². The molecule has 6 nitrogen and oxygen atoms in total. The molecule has 0 amide bonds. The molecule has 1 aliphatic rings. The predicted molar refractivity (Wildman–Crippen MR) is 126 cm³/mol. The van der Waals surface area contributed by atoms with E-state index in [0.717, 1.165) is 41.0 Å². The van der Waals surface area contributed by atoms with E-state index in [2.05, 4.69) is 34.5 Å². The molecule has 164 valence electrons. The van der Waals surface area contributed by atoms with Gasteiger partial charge in [0.1, 0.15) is 12.1 Å². The highest BCUT2D eigenvalue weighted by Gasteiger charge is 2.28. The van der Waals surface area contributed by atoms with Crippen LogP contribution >= 0.6 is 22.9 Å². The molecule has 1 atom stereocenters. The van der Waals surface area contributed by atoms with Crippen LogP contribution in [-0.4, -0.2) is 33.7 Å². The molecule has 3 aromatic heterocycles. The van der Waals surface area contributed by atoms with E-state index in [1.54, 1.807) is 6.07 Å². The number of carbonyl (C=O) groups is 1. The summed E-state index contributed by atoms with van der Waals surface area (Å²) < 4.78 is 7.30. The SMILES string of the molecule is O=C(c1ccoc1)n1nc(C2CCN(Cc3ccccc3)C2)cc1NCc1ccc(Cl)s1. The molecule has 1 fully saturated rings. The van der Waals surface area contributed by atoms with Crippen LogP contribution < -0.4 is 5.32 Å². The highest BCUT2D eigenvalue weighted by molar-refractivity contribution is 7.16. The topological polar surface area (TPSA) is 63.3 Å². The average molecular weight is 467 g/mol. The van der Waals surface area contributed by atoms with E-state index in [0.29, 0.717) is 17.9 Å². The largest absolute Gasteiger partial charge is 0.472 e. The fraction of sp³-hybridized carbons (Fsp3) is 0.250. The van der Waals surface area contributed by atoms with Gasteiger partial charge in [-0.2, -0.15) is 9.78 Å². The van der Waals surface area contributed by atoms with Crippen LogP contribution in [0.25, 0.3) is 0 Å². The average Bonchev–Trinajstić information content (AvgIpc) is 3.59. The van der Waals surface area contributed by atoms with E-state index >= 15 is 0 Å². The van der Waals surface area contributed by atoms with Gasteiger partial charge < -0.3 is 9.73 Å². The molecule has 32 heavy (non-hydrogen) atoms. The van der Waals surface area contributed by atoms with Gasteiger partial charge in [0.05, 0.1) is 28.4 Å². The lowest BCUT2D eigenvalue weighted by atomic mass is 10.1. The Morgan fingerprint density at radius 1 is 1.22 bits per heavy atom. The lowest BCUT2D eigenvalue weighted by Crippen LogP contribution is -2.20. The summed E-state index contributed by atoms with van der Waals surface area (Å²) in [7, 11) is 0. The summed E-state index contributed by atoms with van der Waals surface area (Å²) in [6, 6.07) is 18.0. The molecule has 1 aliphatic heterocycles. The Labute approximate surface area is 195 Å². The van der Waals surface area contributed by atoms with E-state index in [1.165, 1.54) is 34.1 Å². The summed E-state index contributed by atoms with van der Waals surface area (Å²) in [5.41, 5.74) is 2.72. The summed E-state index contributed by atoms with van der Waals surface area (Å²) in [6.45, 7) is 3.44. The predicted octanol–water partition coefficient (Wildman–Crippen LogP) is 5.48. The highest BCUT2D eigenvalue weighted by Crippen LogP contribution is 2.30. The van der Waals surface area contributed by atoms with E-state index in [1.807, 2.05) is 24.3 Å². The van der Waals surface area contributed by atoms with Gasteiger partial charge in [0.15, 0.2) is 0 Å². The third-order valence-electron chi connectivity index (χ3n) is 5.70. The number of aromatic nitrogens is 2. The van der Waals surface area contributed by atoms with Crippen molar-refractivity contribution in [2.45, 2.75) is 25.4 Å². The molecule has 0 saturated carbocycles. The van der Waals surface area contributed by atoms with Crippen LogP contribution in [0.4, 0.5) is 5.82 Å². The van der Waals surface area contributed by atoms with Crippen molar-refractivity contribution in [1.29, 1.82) is 0 Å². The fourth-order valence-corrected chi connectivity index (χ4v) is 5.10. The van der Waals surface area contributed by atoms with Gasteiger partial charge in [-0.05, 0) is 36.7 Å². The molecule has 4 aromatic rings. The molecule has 1 N–H and O–H groups in total. The zero-order chi connectivity index (χ0) is 21.9. The third-order valence-corrected chi connectivity index (χ3v) is 6.93. The molecular formula is C24H23ClN4O2S. The second-order valence-electron chi connectivity index (χ2n) is 7.95. The van der Waals surface area contributed by atoms with Crippen LogP contribution in [0.15, 0.2) is 71.5 Å². The third kappa shape index (κ3) is 4.65. The Balaban J connectivity index is 1.34. The highest BCUT2D eigenvalue weighted by atomic mass is 35.5. The maximum absolute atomic E-state index is 13.0. The monoisotopic (exact) mass is 466 g/mol. The second kappa shape index (κ2) is 9.32. The van der Waals surface area contributed by atoms with Crippen molar-refractivity contribution >= 4 is 34.7 Å². The van der Waals surface area contributed by atoms with Crippen molar-refractivity contribution in [2.24, 2.45) is 0 Å². The lowest BCUT2D eigenvalue weighted by molar-refractivity contribution is 0.0946. The quantitative estimate of drug-likeness (QED) is 0.390. The van der Waals surface area contributed by atoms with Gasteiger partial charge in [-0.25, -0.2) is 0 Å². The maximum atomic E-state index is 13.0. The van der Waals surface area contributed by atoms with Gasteiger partial charge >= 0.3 is 0 Å². The zero-order valence-corrected chi connectivity index (χ0v) is 19.0. The van der Waals surface area contributed by atoms with Crippen molar-refractivity contribution < 1.29 is 9.21 Å². The summed E-state index contributed by atoms with van der Waals surface area (Å²) in [5.74, 6) is 0.752. The lowest BCUT2D eigenvalue weighted by Gasteiger charge is -2.15. The Morgan fingerprint density at radius 3 is 2.84 bits per heavy atom. The van der Waals surface area contributed by atoms with Gasteiger partial charge in [0.25, 0.3) is 5.91 Å². The first-order valence-corrected chi connectivity index (χ1v) is 11.8. The van der Waals surface area contributed by atoms with Crippen LogP contribution in [0.2, 0.25) is 4.34 Å². The fourth-order valence-electron chi connectivity index (χ4n) is 4.07. The molecule has 1 aromatic carbocycles. The standard InChI is InChI=1S/C24H23ClN4O2S/c25-22-7-6-20(32-22)13-26-23-12-21(27-29(23)24(30)19-9-11-31-16-19)18-8-10-28(15-18)14-17-4-2-1-3-5-17/h1-7,9,11-12,16,18,26H,8,10,13-15H2. The van der Waals surface area contributed by atoms with Crippen molar-refractivity contribution in [3.8, 4) is 0 Å². The normalized spacial score (nSPS) is 16.5. The smallest absolute Gasteiger partial charge is 0.283 e. The van der Waals surface area contributed by atoms with Crippen LogP contribution in [0.3, 0.4) is 0 Å². The van der Waals surface area contributed by atoms with Crippen LogP contribution in [0, 0.1) is 0 Å². The number of furan rings is 1. The Bertz CT molecular complexity index is 1190. The van der Waals surface area contributed by atoms with Crippen molar-refractivity contribution in [3.63, 3.8) is 0 Å². The number of nitrogens with zero attached hydrogens (tertiary/aromatic N) is 3. The van der Waals surface area contributed by atoms with Gasteiger partial charge in [-0.15, -0.1) is 11.3 Å². The van der Waals surface area contributed by atoms with Gasteiger partial charge in [-0.3, -0.25) is 9.69 Å². The van der Waals surface area contributed by atoms with Gasteiger partial charge in [0.2, 0.25) is 0 Å². The molecule has 0 aliphatic carbocycles. The molecule has 0 radical (unpaired) electrons. The van der Waals surface area contributed by atoms with Crippen LogP contribution in [0.5, 0.6) is 0 Å². The summed E-state index contributed by atoms with van der Waals surface area (Å²) >= 11 is 7.58. The number of anilines is 1. The minimum Gasteiger partial charge on any atom is -0.472 e. The number of benzene rings is 1. The number of thiophene rings is 1. The molecule has 1 unspecified atom stereocenters. The molecule has 5 rings (SSSR count). The van der Waals surface area contributed by atoms with Crippen molar-refractivity contribution in [1.82, 2.24) is 14.7 Å². The summed E-state index contributed by atoms with van der Waals surface area (Å²) in [6.07, 6.45) is 3.96. The maximum Gasteiger partial charge on any atom is 0.283 e. The van der Waals surface area contributed by atoms with Gasteiger partial charge in [-0.1, -0.05) is 41.9 Å². The number of nitrogens with one attached hydrogen (secondary N) is 1. The number of hydrogen-bond acceptors (Lipinski definition) is 6. The molecule has 4 heterocycles. The number of carbonyl (C=O) groups excluding carboxylic acids is 1. The molecular weight excluding hydrogens is 444 g/mol. The first-order valence-electron chi connectivity index (χ1n) is 10.6. The van der Waals surface area contributed by atoms with E-state index in [9.17, 15) is 4.79 Å². The Morgan fingerprint density at radius 2 is 2.09 bits per heavy atom. The molecule has 8 heteroatoms. The van der Waals surface area contributed by atoms with E-state index < -0.39 is 0 Å². The first-order chi connectivity index (χ1) is 15.7. The summed E-state index contributed by atoms with van der Waals surface area (Å²) in [4.78, 5) is 16.6. The van der Waals surface area contributed by atoms with Crippen LogP contribution in [0.1, 0.15) is 38.8 Å². The first kappa shape index (κ1) is 21.0. The second-order valence-corrected chi connectivity index (χ2v) is 9.75. The number of halogens is 1. The number of hydrogen-bond donors (Lipinski definition) is 1. The minimum atomic E-state index is -0.212. The van der Waals surface area contributed by atoms with E-state index in [4.69, 9.17) is 21.1 Å². The van der Waals surface area contributed by atoms with Gasteiger partial charge in [0, 0.05) is 30.0 Å². The minimum absolute atomic E-state index is 0.212. The Kier molecular flexibility index (Phi) is 6.12. The number of rotatable bonds is 7. The zero-order valence-electron chi connectivity index (χ0n) is 17.4.